The normalized spacial score (nSPS) is 11.8. The van der Waals surface area contributed by atoms with Gasteiger partial charge in [0.15, 0.2) is 5.69 Å². The molecule has 0 saturated carbocycles. The van der Waals surface area contributed by atoms with Crippen molar-refractivity contribution in [2.75, 3.05) is 6.61 Å². The fraction of sp³-hybridized carbons (Fsp3) is 0.182. The molecule has 6 rings (SSSR count). The monoisotopic (exact) mass is 575 g/mol. The van der Waals surface area contributed by atoms with Crippen LogP contribution in [-0.4, -0.2) is 31.0 Å². The Morgan fingerprint density at radius 1 is 0.810 bits per heavy atom. The third-order valence-electron chi connectivity index (χ3n) is 6.88. The summed E-state index contributed by atoms with van der Waals surface area (Å²) in [6, 6.07) is 26.7. The molecule has 0 atom stereocenters. The summed E-state index contributed by atoms with van der Waals surface area (Å²) in [5.41, 5.74) is 3.18. The average Bonchev–Trinajstić information content (AvgIpc) is 3.58. The molecule has 3 heterocycles. The lowest BCUT2D eigenvalue weighted by Crippen LogP contribution is -2.26. The molecule has 0 spiro atoms. The van der Waals surface area contributed by atoms with Gasteiger partial charge in [0.05, 0.1) is 16.8 Å². The largest absolute Gasteiger partial charge is 0.494 e. The lowest BCUT2D eigenvalue weighted by Gasteiger charge is -2.07. The first-order valence-electron chi connectivity index (χ1n) is 14.0. The van der Waals surface area contributed by atoms with Crippen molar-refractivity contribution in [3.63, 3.8) is 0 Å². The van der Waals surface area contributed by atoms with Gasteiger partial charge in [0.2, 0.25) is 4.96 Å². The molecule has 3 aromatic carbocycles. The van der Waals surface area contributed by atoms with E-state index in [1.165, 1.54) is 17.4 Å². The molecule has 0 saturated heterocycles. The molecule has 0 radical (unpaired) electrons. The second-order valence-corrected chi connectivity index (χ2v) is 10.9. The Bertz CT molecular complexity index is 1980. The second-order valence-electron chi connectivity index (χ2n) is 9.89. The van der Waals surface area contributed by atoms with E-state index in [9.17, 15) is 9.59 Å². The SMILES string of the molecule is CCCCCCOc1ccc(-c2nn(-c3ccccc3)cc2/C=c2\sc3nc(=O)c(-c4ccccc4)nn3c2=O)cc1. The highest BCUT2D eigenvalue weighted by Gasteiger charge is 2.15. The van der Waals surface area contributed by atoms with Crippen molar-refractivity contribution in [2.24, 2.45) is 0 Å². The van der Waals surface area contributed by atoms with Crippen LogP contribution in [0.3, 0.4) is 0 Å². The van der Waals surface area contributed by atoms with Crippen LogP contribution in [0.1, 0.15) is 38.2 Å². The number of unbranched alkanes of at least 4 members (excludes halogenated alkanes) is 3. The van der Waals surface area contributed by atoms with E-state index in [-0.39, 0.29) is 16.2 Å². The van der Waals surface area contributed by atoms with Gasteiger partial charge >= 0.3 is 5.56 Å². The third kappa shape index (κ3) is 5.77. The van der Waals surface area contributed by atoms with E-state index >= 15 is 0 Å². The summed E-state index contributed by atoms with van der Waals surface area (Å²) in [5, 5.41) is 9.26. The first kappa shape index (κ1) is 27.3. The fourth-order valence-electron chi connectivity index (χ4n) is 4.69. The lowest BCUT2D eigenvalue weighted by atomic mass is 10.1. The second kappa shape index (κ2) is 12.3. The van der Waals surface area contributed by atoms with E-state index < -0.39 is 5.56 Å². The van der Waals surface area contributed by atoms with Gasteiger partial charge in [-0.15, -0.1) is 0 Å². The topological polar surface area (TPSA) is 91.4 Å². The number of hydrogen-bond acceptors (Lipinski definition) is 7. The van der Waals surface area contributed by atoms with Crippen molar-refractivity contribution in [2.45, 2.75) is 32.6 Å². The molecule has 0 fully saturated rings. The van der Waals surface area contributed by atoms with Gasteiger partial charge in [-0.25, -0.2) is 4.68 Å². The number of rotatable bonds is 10. The molecule has 8 nitrogen and oxygen atoms in total. The van der Waals surface area contributed by atoms with Gasteiger partial charge in [-0.3, -0.25) is 9.59 Å². The maximum atomic E-state index is 13.5. The van der Waals surface area contributed by atoms with Gasteiger partial charge in [-0.2, -0.15) is 19.7 Å². The summed E-state index contributed by atoms with van der Waals surface area (Å²) in [6.45, 7) is 2.88. The Hall–Kier alpha value is -4.89. The summed E-state index contributed by atoms with van der Waals surface area (Å²) in [7, 11) is 0. The number of aromatic nitrogens is 5. The van der Waals surface area contributed by atoms with Gasteiger partial charge in [-0.1, -0.05) is 86.1 Å². The molecule has 0 aliphatic heterocycles. The zero-order valence-corrected chi connectivity index (χ0v) is 24.0. The average molecular weight is 576 g/mol. The Labute approximate surface area is 246 Å². The number of para-hydroxylation sites is 1. The van der Waals surface area contributed by atoms with Crippen molar-refractivity contribution in [1.82, 2.24) is 24.4 Å². The Balaban J connectivity index is 1.40. The van der Waals surface area contributed by atoms with E-state index in [2.05, 4.69) is 17.0 Å². The quantitative estimate of drug-likeness (QED) is 0.199. The molecule has 0 aliphatic rings. The summed E-state index contributed by atoms with van der Waals surface area (Å²) >= 11 is 1.13. The zero-order chi connectivity index (χ0) is 28.9. The van der Waals surface area contributed by atoms with Crippen LogP contribution in [0, 0.1) is 0 Å². The van der Waals surface area contributed by atoms with E-state index in [0.717, 1.165) is 46.7 Å². The molecule has 0 bridgehead atoms. The third-order valence-corrected chi connectivity index (χ3v) is 7.84. The lowest BCUT2D eigenvalue weighted by molar-refractivity contribution is 0.305. The van der Waals surface area contributed by atoms with Crippen LogP contribution in [0.2, 0.25) is 0 Å². The Morgan fingerprint density at radius 3 is 2.26 bits per heavy atom. The molecular weight excluding hydrogens is 546 g/mol. The highest BCUT2D eigenvalue weighted by Crippen LogP contribution is 2.27. The minimum absolute atomic E-state index is 0.139. The number of fused-ring (bicyclic) bond motifs is 1. The van der Waals surface area contributed by atoms with Gasteiger partial charge in [0.1, 0.15) is 11.4 Å². The van der Waals surface area contributed by atoms with Gasteiger partial charge < -0.3 is 4.74 Å². The molecular formula is C33H29N5O3S. The standard InChI is InChI=1S/C33H29N5O3S/c1-2-3-4-11-20-41-27-18-16-24(17-19-27)29-25(22-37(35-29)26-14-9-6-10-15-26)21-28-32(40)38-33(42-28)34-31(39)30(36-38)23-12-7-5-8-13-23/h5-10,12-19,21-22H,2-4,11,20H2,1H3/b28-21-. The molecule has 0 amide bonds. The Kier molecular flexibility index (Phi) is 8.00. The minimum atomic E-state index is -0.473. The number of thiazole rings is 1. The first-order chi connectivity index (χ1) is 20.6. The number of benzene rings is 3. The maximum absolute atomic E-state index is 13.5. The van der Waals surface area contributed by atoms with Crippen LogP contribution in [-0.2, 0) is 0 Å². The van der Waals surface area contributed by atoms with Gasteiger partial charge in [-0.05, 0) is 48.9 Å². The van der Waals surface area contributed by atoms with Crippen molar-refractivity contribution in [1.29, 1.82) is 0 Å². The first-order valence-corrected chi connectivity index (χ1v) is 14.8. The van der Waals surface area contributed by atoms with Crippen LogP contribution in [0.25, 0.3) is 39.2 Å². The van der Waals surface area contributed by atoms with Crippen molar-refractivity contribution < 1.29 is 4.74 Å². The van der Waals surface area contributed by atoms with Crippen LogP contribution in [0.5, 0.6) is 5.75 Å². The molecule has 0 N–H and O–H groups in total. The molecule has 0 aliphatic carbocycles. The van der Waals surface area contributed by atoms with Crippen LogP contribution in [0.4, 0.5) is 0 Å². The predicted octanol–water partition coefficient (Wildman–Crippen LogP) is 5.54. The summed E-state index contributed by atoms with van der Waals surface area (Å²) < 4.78 is 9.33. The predicted molar refractivity (Wildman–Crippen MR) is 166 cm³/mol. The highest BCUT2D eigenvalue weighted by molar-refractivity contribution is 7.15. The smallest absolute Gasteiger partial charge is 0.300 e. The number of hydrogen-bond donors (Lipinski definition) is 0. The molecule has 9 heteroatoms. The molecule has 210 valence electrons. The highest BCUT2D eigenvalue weighted by atomic mass is 32.1. The van der Waals surface area contributed by atoms with Crippen LogP contribution >= 0.6 is 11.3 Å². The fourth-order valence-corrected chi connectivity index (χ4v) is 5.58. The zero-order valence-electron chi connectivity index (χ0n) is 23.1. The summed E-state index contributed by atoms with van der Waals surface area (Å²) in [5.74, 6) is 0.811. The van der Waals surface area contributed by atoms with Gasteiger partial charge in [0.25, 0.3) is 5.56 Å². The van der Waals surface area contributed by atoms with Crippen LogP contribution < -0.4 is 20.4 Å². The van der Waals surface area contributed by atoms with Crippen molar-refractivity contribution in [3.8, 4) is 34.0 Å². The van der Waals surface area contributed by atoms with Crippen molar-refractivity contribution >= 4 is 22.4 Å². The molecule has 42 heavy (non-hydrogen) atoms. The number of ether oxygens (including phenoxy) is 1. The van der Waals surface area contributed by atoms with Crippen LogP contribution in [0.15, 0.2) is 101 Å². The van der Waals surface area contributed by atoms with E-state index in [1.54, 1.807) is 22.9 Å². The Morgan fingerprint density at radius 2 is 1.52 bits per heavy atom. The van der Waals surface area contributed by atoms with E-state index in [4.69, 9.17) is 9.84 Å². The molecule has 0 unspecified atom stereocenters. The molecule has 6 aromatic rings. The van der Waals surface area contributed by atoms with E-state index in [0.29, 0.717) is 22.4 Å². The summed E-state index contributed by atoms with van der Waals surface area (Å²) in [6.07, 6.45) is 8.29. The maximum Gasteiger partial charge on any atom is 0.300 e. The van der Waals surface area contributed by atoms with Gasteiger partial charge in [0, 0.05) is 22.9 Å². The number of nitrogens with zero attached hydrogens (tertiary/aromatic N) is 5. The van der Waals surface area contributed by atoms with Crippen molar-refractivity contribution in [3.05, 3.63) is 122 Å². The minimum Gasteiger partial charge on any atom is -0.494 e. The van der Waals surface area contributed by atoms with E-state index in [1.807, 2.05) is 79.0 Å². The molecule has 3 aromatic heterocycles. The summed E-state index contributed by atoms with van der Waals surface area (Å²) in [4.78, 5) is 30.6.